The second-order valence-corrected chi connectivity index (χ2v) is 15.2. The van der Waals surface area contributed by atoms with E-state index in [2.05, 4.69) is 68.5 Å². The molecule has 0 saturated heterocycles. The van der Waals surface area contributed by atoms with Gasteiger partial charge in [0.15, 0.2) is 6.10 Å². The SMILES string of the molecule is CC/C=C/C=C/C=C/C=C/CCCCCC(=O)OC(COC(=O)CCCCC/C=C/C/C=C/C/C=C/C/C=C/CC)COP(=O)(O)OC1C(O)C(O)C(O)[C@H](O)C1O. The van der Waals surface area contributed by atoms with Crippen molar-refractivity contribution in [1.82, 2.24) is 0 Å². The number of carbonyl (C=O) groups excluding carboxylic acids is 2. The molecule has 0 bridgehead atoms. The number of rotatable bonds is 31. The molecule has 0 radical (unpaired) electrons. The van der Waals surface area contributed by atoms with E-state index in [1.54, 1.807) is 0 Å². The van der Waals surface area contributed by atoms with Crippen LogP contribution >= 0.6 is 7.82 Å². The van der Waals surface area contributed by atoms with E-state index in [0.717, 1.165) is 70.6 Å². The summed E-state index contributed by atoms with van der Waals surface area (Å²) in [7, 11) is -5.14. The quantitative estimate of drug-likeness (QED) is 0.0136. The minimum atomic E-state index is -5.14. The molecular formula is C44H69O13P. The Morgan fingerprint density at radius 2 is 1.02 bits per heavy atom. The molecule has 7 unspecified atom stereocenters. The Labute approximate surface area is 345 Å². The average Bonchev–Trinajstić information content (AvgIpc) is 3.20. The van der Waals surface area contributed by atoms with Crippen molar-refractivity contribution in [2.24, 2.45) is 0 Å². The van der Waals surface area contributed by atoms with Gasteiger partial charge < -0.3 is 39.9 Å². The maximum atomic E-state index is 12.8. The van der Waals surface area contributed by atoms with Crippen LogP contribution in [-0.2, 0) is 32.7 Å². The van der Waals surface area contributed by atoms with Gasteiger partial charge in [0.25, 0.3) is 0 Å². The molecule has 1 rings (SSSR count). The van der Waals surface area contributed by atoms with E-state index < -0.39 is 75.7 Å². The maximum Gasteiger partial charge on any atom is 0.472 e. The number of unbranched alkanes of at least 4 members (excludes halogenated alkanes) is 6. The predicted octanol–water partition coefficient (Wildman–Crippen LogP) is 7.10. The van der Waals surface area contributed by atoms with E-state index in [9.17, 15) is 44.6 Å². The lowest BCUT2D eigenvalue weighted by Crippen LogP contribution is -2.64. The molecule has 14 heteroatoms. The van der Waals surface area contributed by atoms with Gasteiger partial charge in [-0.25, -0.2) is 4.57 Å². The Morgan fingerprint density at radius 1 is 0.552 bits per heavy atom. The van der Waals surface area contributed by atoms with Gasteiger partial charge in [-0.1, -0.05) is 124 Å². The molecule has 8 atom stereocenters. The highest BCUT2D eigenvalue weighted by Gasteiger charge is 2.51. The molecule has 1 fully saturated rings. The highest BCUT2D eigenvalue weighted by atomic mass is 31.2. The van der Waals surface area contributed by atoms with Crippen molar-refractivity contribution in [1.29, 1.82) is 0 Å². The number of ether oxygens (including phenoxy) is 2. The minimum Gasteiger partial charge on any atom is -0.462 e. The molecule has 328 valence electrons. The lowest BCUT2D eigenvalue weighted by molar-refractivity contribution is -0.220. The first kappa shape index (κ1) is 52.8. The standard InChI is InChI=1S/C44H69O13P/c1-3-5-7-9-11-13-15-17-18-19-21-22-24-26-28-30-32-37(45)54-34-36(35-55-58(52,53)57-44-42(50)40(48)39(47)41(49)43(44)51)56-38(46)33-31-29-27-25-23-20-16-14-12-10-8-6-4-2/h5-8,10-14,16-18,20-23,36,39-44,47-51H,3-4,9,15,19,24-35H2,1-2H3,(H,52,53)/b7-5+,8-6+,12-10+,13-11+,16-14+,18-17+,22-21+,23-20+/t36?,39?,40-,41?,42?,43?,44?/m0/s1. The number of hydrogen-bond donors (Lipinski definition) is 6. The van der Waals surface area contributed by atoms with Crippen LogP contribution in [0.2, 0.25) is 0 Å². The van der Waals surface area contributed by atoms with Gasteiger partial charge in [0, 0.05) is 12.8 Å². The monoisotopic (exact) mass is 836 g/mol. The number of allylic oxidation sites excluding steroid dienone is 16. The smallest absolute Gasteiger partial charge is 0.462 e. The Morgan fingerprint density at radius 3 is 1.59 bits per heavy atom. The van der Waals surface area contributed by atoms with Crippen molar-refractivity contribution in [3.8, 4) is 0 Å². The van der Waals surface area contributed by atoms with Gasteiger partial charge in [-0.3, -0.25) is 18.6 Å². The summed E-state index contributed by atoms with van der Waals surface area (Å²) in [4.78, 5) is 35.5. The average molecular weight is 837 g/mol. The van der Waals surface area contributed by atoms with Crippen LogP contribution in [0.5, 0.6) is 0 Å². The van der Waals surface area contributed by atoms with Crippen LogP contribution in [-0.4, -0.2) is 98.3 Å². The molecule has 1 saturated carbocycles. The fourth-order valence-electron chi connectivity index (χ4n) is 5.46. The second kappa shape index (κ2) is 33.6. The van der Waals surface area contributed by atoms with Crippen molar-refractivity contribution in [2.45, 2.75) is 153 Å². The van der Waals surface area contributed by atoms with E-state index in [1.807, 2.05) is 42.5 Å². The van der Waals surface area contributed by atoms with Crippen LogP contribution in [0.1, 0.15) is 110 Å². The molecule has 1 aliphatic rings. The van der Waals surface area contributed by atoms with Crippen LogP contribution in [0.25, 0.3) is 0 Å². The fourth-order valence-corrected chi connectivity index (χ4v) is 6.43. The number of aliphatic hydroxyl groups is 5. The highest BCUT2D eigenvalue weighted by Crippen LogP contribution is 2.47. The molecule has 0 amide bonds. The molecule has 0 aromatic carbocycles. The second-order valence-electron chi connectivity index (χ2n) is 13.8. The summed E-state index contributed by atoms with van der Waals surface area (Å²) in [6.07, 6.45) is 30.5. The maximum absolute atomic E-state index is 12.8. The van der Waals surface area contributed by atoms with Gasteiger partial charge in [0.05, 0.1) is 6.61 Å². The van der Waals surface area contributed by atoms with E-state index in [0.29, 0.717) is 12.8 Å². The van der Waals surface area contributed by atoms with Crippen LogP contribution in [0.3, 0.4) is 0 Å². The zero-order chi connectivity index (χ0) is 42.9. The third-order valence-electron chi connectivity index (χ3n) is 8.77. The summed E-state index contributed by atoms with van der Waals surface area (Å²) in [6.45, 7) is 2.94. The van der Waals surface area contributed by atoms with E-state index >= 15 is 0 Å². The first-order valence-corrected chi connectivity index (χ1v) is 22.1. The number of esters is 2. The van der Waals surface area contributed by atoms with Crippen LogP contribution in [0.4, 0.5) is 0 Å². The van der Waals surface area contributed by atoms with Crippen molar-refractivity contribution in [3.63, 3.8) is 0 Å². The zero-order valence-corrected chi connectivity index (χ0v) is 35.2. The summed E-state index contributed by atoms with van der Waals surface area (Å²) in [5.41, 5.74) is 0. The molecule has 1 aliphatic carbocycles. The van der Waals surface area contributed by atoms with Gasteiger partial charge in [-0.15, -0.1) is 0 Å². The number of hydrogen-bond acceptors (Lipinski definition) is 12. The predicted molar refractivity (Wildman–Crippen MR) is 225 cm³/mol. The third-order valence-corrected chi connectivity index (χ3v) is 9.75. The third kappa shape index (κ3) is 26.0. The van der Waals surface area contributed by atoms with Crippen molar-refractivity contribution < 1.29 is 63.1 Å². The van der Waals surface area contributed by atoms with Gasteiger partial charge in [0.1, 0.15) is 43.2 Å². The number of phosphoric acid groups is 1. The molecule has 13 nitrogen and oxygen atoms in total. The molecule has 0 aromatic rings. The normalized spacial score (nSPS) is 23.5. The Bertz CT molecular complexity index is 1380. The van der Waals surface area contributed by atoms with E-state index in [4.69, 9.17) is 18.5 Å². The molecule has 0 aliphatic heterocycles. The van der Waals surface area contributed by atoms with Gasteiger partial charge >= 0.3 is 19.8 Å². The summed E-state index contributed by atoms with van der Waals surface area (Å²) < 4.78 is 33.3. The van der Waals surface area contributed by atoms with Crippen LogP contribution < -0.4 is 0 Å². The minimum absolute atomic E-state index is 0.0370. The van der Waals surface area contributed by atoms with Crippen molar-refractivity contribution in [3.05, 3.63) is 97.2 Å². The number of aliphatic hydroxyl groups excluding tert-OH is 5. The van der Waals surface area contributed by atoms with Gasteiger partial charge in [-0.05, 0) is 70.6 Å². The topological polar surface area (TPSA) is 210 Å². The number of phosphoric ester groups is 1. The first-order chi connectivity index (χ1) is 27.9. The molecule has 0 spiro atoms. The number of carbonyl (C=O) groups is 2. The largest absolute Gasteiger partial charge is 0.472 e. The van der Waals surface area contributed by atoms with Crippen molar-refractivity contribution >= 4 is 19.8 Å². The molecule has 6 N–H and O–H groups in total. The van der Waals surface area contributed by atoms with Crippen LogP contribution in [0, 0.1) is 0 Å². The fraction of sp³-hybridized carbons (Fsp3) is 0.591. The van der Waals surface area contributed by atoms with Crippen molar-refractivity contribution in [2.75, 3.05) is 13.2 Å². The highest BCUT2D eigenvalue weighted by molar-refractivity contribution is 7.47. The lowest BCUT2D eigenvalue weighted by Gasteiger charge is -2.41. The van der Waals surface area contributed by atoms with E-state index in [1.165, 1.54) is 0 Å². The Hall–Kier alpha value is -3.23. The zero-order valence-electron chi connectivity index (χ0n) is 34.3. The summed E-state index contributed by atoms with van der Waals surface area (Å²) in [6, 6.07) is 0. The summed E-state index contributed by atoms with van der Waals surface area (Å²) in [5, 5.41) is 50.0. The first-order valence-electron chi connectivity index (χ1n) is 20.6. The van der Waals surface area contributed by atoms with Gasteiger partial charge in [-0.2, -0.15) is 0 Å². The van der Waals surface area contributed by atoms with Crippen LogP contribution in [0.15, 0.2) is 97.2 Å². The summed E-state index contributed by atoms with van der Waals surface area (Å²) >= 11 is 0. The molecule has 0 aromatic heterocycles. The molecular weight excluding hydrogens is 767 g/mol. The van der Waals surface area contributed by atoms with Gasteiger partial charge in [0.2, 0.25) is 0 Å². The lowest BCUT2D eigenvalue weighted by atomic mass is 9.85. The Kier molecular flexibility index (Phi) is 30.6. The Balaban J connectivity index is 2.57. The molecule has 0 heterocycles. The van der Waals surface area contributed by atoms with E-state index in [-0.39, 0.29) is 12.8 Å². The summed E-state index contributed by atoms with van der Waals surface area (Å²) in [5.74, 6) is -1.20. The molecule has 58 heavy (non-hydrogen) atoms.